The van der Waals surface area contributed by atoms with Crippen molar-refractivity contribution in [1.82, 2.24) is 4.90 Å². The van der Waals surface area contributed by atoms with Crippen LogP contribution < -0.4 is 5.32 Å². The number of unbranched alkanes of at least 4 members (excludes halogenated alkanes) is 1. The molecule has 0 bridgehead atoms. The molecule has 1 unspecified atom stereocenters. The molecule has 1 atom stereocenters. The van der Waals surface area contributed by atoms with Gasteiger partial charge in [0.15, 0.2) is 0 Å². The van der Waals surface area contributed by atoms with Gasteiger partial charge in [-0.3, -0.25) is 4.79 Å². The van der Waals surface area contributed by atoms with E-state index in [2.05, 4.69) is 26.1 Å². The van der Waals surface area contributed by atoms with E-state index < -0.39 is 0 Å². The first kappa shape index (κ1) is 16.5. The molecule has 20 heavy (non-hydrogen) atoms. The first-order valence-corrected chi connectivity index (χ1v) is 7.79. The van der Waals surface area contributed by atoms with Gasteiger partial charge in [-0.15, -0.1) is 0 Å². The van der Waals surface area contributed by atoms with Crippen LogP contribution in [0.2, 0.25) is 0 Å². The summed E-state index contributed by atoms with van der Waals surface area (Å²) in [6, 6.07) is 8.08. The largest absolute Gasteiger partial charge is 0.385 e. The van der Waals surface area contributed by atoms with Gasteiger partial charge in [0.25, 0.3) is 5.91 Å². The van der Waals surface area contributed by atoms with Crippen LogP contribution in [0.4, 0.5) is 5.69 Å². The molecule has 1 N–H and O–H groups in total. The Morgan fingerprint density at radius 3 is 2.55 bits per heavy atom. The summed E-state index contributed by atoms with van der Waals surface area (Å²) in [5.41, 5.74) is 1.72. The molecule has 0 spiro atoms. The smallest absolute Gasteiger partial charge is 0.256 e. The van der Waals surface area contributed by atoms with E-state index in [9.17, 15) is 4.79 Å². The molecule has 0 aliphatic rings. The molecule has 1 amide bonds. The maximum absolute atomic E-state index is 12.8. The molecule has 3 nitrogen and oxygen atoms in total. The van der Waals surface area contributed by atoms with Gasteiger partial charge in [0.2, 0.25) is 0 Å². The second-order valence-electron chi connectivity index (χ2n) is 5.19. The fourth-order valence-corrected chi connectivity index (χ4v) is 2.24. The highest BCUT2D eigenvalue weighted by molar-refractivity contribution is 5.99. The fraction of sp³-hybridized carbons (Fsp3) is 0.588. The third-order valence-electron chi connectivity index (χ3n) is 3.66. The van der Waals surface area contributed by atoms with Crippen LogP contribution in [0.1, 0.15) is 57.3 Å². The SMILES string of the molecule is CCCCN(C(=O)c1ccccc1NCC)C(C)CC. The second-order valence-corrected chi connectivity index (χ2v) is 5.19. The minimum absolute atomic E-state index is 0.143. The Balaban J connectivity index is 2.98. The maximum Gasteiger partial charge on any atom is 0.256 e. The summed E-state index contributed by atoms with van der Waals surface area (Å²) in [4.78, 5) is 14.8. The van der Waals surface area contributed by atoms with Crippen molar-refractivity contribution in [3.63, 3.8) is 0 Å². The topological polar surface area (TPSA) is 32.3 Å². The van der Waals surface area contributed by atoms with Crippen LogP contribution >= 0.6 is 0 Å². The van der Waals surface area contributed by atoms with Gasteiger partial charge in [0.1, 0.15) is 0 Å². The van der Waals surface area contributed by atoms with E-state index in [1.54, 1.807) is 0 Å². The van der Waals surface area contributed by atoms with Gasteiger partial charge < -0.3 is 10.2 Å². The molecule has 1 rings (SSSR count). The fourth-order valence-electron chi connectivity index (χ4n) is 2.24. The van der Waals surface area contributed by atoms with Crippen molar-refractivity contribution in [2.24, 2.45) is 0 Å². The average Bonchev–Trinajstić information content (AvgIpc) is 2.48. The lowest BCUT2D eigenvalue weighted by atomic mass is 10.1. The van der Waals surface area contributed by atoms with Gasteiger partial charge in [0, 0.05) is 24.8 Å². The van der Waals surface area contributed by atoms with Gasteiger partial charge in [-0.05, 0) is 38.8 Å². The number of carbonyl (C=O) groups excluding carboxylic acids is 1. The standard InChI is InChI=1S/C17H28N2O/c1-5-8-13-19(14(4)6-2)17(20)15-11-9-10-12-16(15)18-7-3/h9-12,14,18H,5-8,13H2,1-4H3. The lowest BCUT2D eigenvalue weighted by Gasteiger charge is -2.29. The number of rotatable bonds is 8. The number of benzene rings is 1. The summed E-state index contributed by atoms with van der Waals surface area (Å²) < 4.78 is 0. The quantitative estimate of drug-likeness (QED) is 0.773. The lowest BCUT2D eigenvalue weighted by Crippen LogP contribution is -2.39. The summed E-state index contributed by atoms with van der Waals surface area (Å²) in [6.07, 6.45) is 3.15. The zero-order valence-corrected chi connectivity index (χ0v) is 13.3. The maximum atomic E-state index is 12.8. The highest BCUT2D eigenvalue weighted by Gasteiger charge is 2.21. The minimum Gasteiger partial charge on any atom is -0.385 e. The number of nitrogens with zero attached hydrogens (tertiary/aromatic N) is 1. The first-order valence-electron chi connectivity index (χ1n) is 7.79. The Labute approximate surface area is 123 Å². The molecule has 0 fully saturated rings. The van der Waals surface area contributed by atoms with Crippen molar-refractivity contribution in [3.8, 4) is 0 Å². The first-order chi connectivity index (χ1) is 9.65. The van der Waals surface area contributed by atoms with Crippen LogP contribution in [0.5, 0.6) is 0 Å². The van der Waals surface area contributed by atoms with E-state index in [1.807, 2.05) is 36.1 Å². The number of hydrogen-bond acceptors (Lipinski definition) is 2. The zero-order chi connectivity index (χ0) is 15.0. The lowest BCUT2D eigenvalue weighted by molar-refractivity contribution is 0.0686. The third-order valence-corrected chi connectivity index (χ3v) is 3.66. The van der Waals surface area contributed by atoms with E-state index in [0.717, 1.165) is 43.6 Å². The van der Waals surface area contributed by atoms with Crippen molar-refractivity contribution in [2.45, 2.75) is 53.0 Å². The van der Waals surface area contributed by atoms with Crippen LogP contribution in [-0.4, -0.2) is 29.9 Å². The zero-order valence-electron chi connectivity index (χ0n) is 13.3. The van der Waals surface area contributed by atoms with Crippen LogP contribution in [0.25, 0.3) is 0 Å². The Morgan fingerprint density at radius 1 is 1.25 bits per heavy atom. The summed E-state index contributed by atoms with van der Waals surface area (Å²) in [7, 11) is 0. The van der Waals surface area contributed by atoms with Crippen molar-refractivity contribution < 1.29 is 4.79 Å². The third kappa shape index (κ3) is 4.26. The van der Waals surface area contributed by atoms with Gasteiger partial charge >= 0.3 is 0 Å². The predicted molar refractivity (Wildman–Crippen MR) is 86.3 cm³/mol. The Kier molecular flexibility index (Phi) is 7.13. The van der Waals surface area contributed by atoms with Crippen LogP contribution in [0.3, 0.4) is 0 Å². The molecule has 0 radical (unpaired) electrons. The van der Waals surface area contributed by atoms with Crippen LogP contribution in [-0.2, 0) is 0 Å². The number of amides is 1. The highest BCUT2D eigenvalue weighted by Crippen LogP contribution is 2.19. The number of hydrogen-bond donors (Lipinski definition) is 1. The number of para-hydroxylation sites is 1. The summed E-state index contributed by atoms with van der Waals surface area (Å²) >= 11 is 0. The number of carbonyl (C=O) groups is 1. The molecule has 0 aliphatic carbocycles. The predicted octanol–water partition coefficient (Wildman–Crippen LogP) is 4.16. The van der Waals surface area contributed by atoms with E-state index in [1.165, 1.54) is 0 Å². The molecular formula is C17H28N2O. The highest BCUT2D eigenvalue weighted by atomic mass is 16.2. The molecule has 0 heterocycles. The van der Waals surface area contributed by atoms with Crippen LogP contribution in [0, 0.1) is 0 Å². The minimum atomic E-state index is 0.143. The Hall–Kier alpha value is -1.51. The van der Waals surface area contributed by atoms with E-state index in [-0.39, 0.29) is 11.9 Å². The molecular weight excluding hydrogens is 248 g/mol. The molecule has 0 aliphatic heterocycles. The average molecular weight is 276 g/mol. The van der Waals surface area contributed by atoms with Gasteiger partial charge in [-0.2, -0.15) is 0 Å². The molecule has 3 heteroatoms. The van der Waals surface area contributed by atoms with Gasteiger partial charge in [-0.1, -0.05) is 32.4 Å². The summed E-state index contributed by atoms with van der Waals surface area (Å²) in [5, 5.41) is 3.28. The van der Waals surface area contributed by atoms with E-state index in [0.29, 0.717) is 0 Å². The Bertz CT molecular complexity index is 417. The Morgan fingerprint density at radius 2 is 1.95 bits per heavy atom. The normalized spacial score (nSPS) is 12.0. The monoisotopic (exact) mass is 276 g/mol. The van der Waals surface area contributed by atoms with Gasteiger partial charge in [-0.25, -0.2) is 0 Å². The molecule has 1 aromatic carbocycles. The van der Waals surface area contributed by atoms with Crippen molar-refractivity contribution in [3.05, 3.63) is 29.8 Å². The van der Waals surface area contributed by atoms with Crippen molar-refractivity contribution in [1.29, 1.82) is 0 Å². The molecule has 112 valence electrons. The summed E-state index contributed by atoms with van der Waals surface area (Å²) in [6.45, 7) is 10.1. The van der Waals surface area contributed by atoms with E-state index >= 15 is 0 Å². The van der Waals surface area contributed by atoms with Crippen LogP contribution in [0.15, 0.2) is 24.3 Å². The molecule has 0 aromatic heterocycles. The van der Waals surface area contributed by atoms with Crippen molar-refractivity contribution >= 4 is 11.6 Å². The molecule has 0 saturated heterocycles. The molecule has 0 saturated carbocycles. The van der Waals surface area contributed by atoms with Crippen molar-refractivity contribution in [2.75, 3.05) is 18.4 Å². The number of anilines is 1. The molecule has 1 aromatic rings. The number of nitrogens with one attached hydrogen (secondary N) is 1. The summed E-state index contributed by atoms with van der Waals surface area (Å²) in [5.74, 6) is 0.143. The van der Waals surface area contributed by atoms with E-state index in [4.69, 9.17) is 0 Å². The second kappa shape index (κ2) is 8.62. The van der Waals surface area contributed by atoms with Gasteiger partial charge in [0.05, 0.1) is 5.56 Å².